The highest BCUT2D eigenvalue weighted by molar-refractivity contribution is 7.09. The van der Waals surface area contributed by atoms with Gasteiger partial charge in [0.15, 0.2) is 0 Å². The highest BCUT2D eigenvalue weighted by atomic mass is 32.1. The van der Waals surface area contributed by atoms with Crippen molar-refractivity contribution in [2.75, 3.05) is 12.3 Å². The minimum atomic E-state index is -4.22. The van der Waals surface area contributed by atoms with Gasteiger partial charge in [0.1, 0.15) is 10.7 Å². The van der Waals surface area contributed by atoms with Gasteiger partial charge in [0.25, 0.3) is 0 Å². The monoisotopic (exact) mass is 254 g/mol. The zero-order valence-corrected chi connectivity index (χ0v) is 9.77. The van der Waals surface area contributed by atoms with Crippen molar-refractivity contribution in [3.05, 3.63) is 5.69 Å². The summed E-state index contributed by atoms with van der Waals surface area (Å²) in [5.74, 6) is 0. The molecule has 1 rings (SSSR count). The number of rotatable bonds is 4. The van der Waals surface area contributed by atoms with Gasteiger partial charge in [0.2, 0.25) is 0 Å². The van der Waals surface area contributed by atoms with E-state index in [1.165, 1.54) is 4.90 Å². The fourth-order valence-electron chi connectivity index (χ4n) is 1.17. The number of nitrogens with zero attached hydrogens (tertiary/aromatic N) is 3. The van der Waals surface area contributed by atoms with Crippen LogP contribution in [0.5, 0.6) is 0 Å². The molecule has 0 bridgehead atoms. The Labute approximate surface area is 95.4 Å². The van der Waals surface area contributed by atoms with Crippen molar-refractivity contribution in [2.24, 2.45) is 0 Å². The molecule has 0 aliphatic carbocycles. The minimum Gasteiger partial charge on any atom is -0.388 e. The van der Waals surface area contributed by atoms with E-state index < -0.39 is 12.7 Å². The molecule has 2 N–H and O–H groups in total. The Kier molecular flexibility index (Phi) is 4.09. The zero-order valence-electron chi connectivity index (χ0n) is 8.95. The van der Waals surface area contributed by atoms with Gasteiger partial charge < -0.3 is 5.73 Å². The van der Waals surface area contributed by atoms with Crippen molar-refractivity contribution in [2.45, 2.75) is 32.6 Å². The summed E-state index contributed by atoms with van der Waals surface area (Å²) in [4.78, 5) is 1.26. The smallest absolute Gasteiger partial charge is 0.388 e. The molecule has 0 aliphatic rings. The number of nitrogens with two attached hydrogens (primary N) is 1. The average Bonchev–Trinajstić information content (AvgIpc) is 2.48. The zero-order chi connectivity index (χ0) is 12.3. The standard InChI is InChI=1S/C8H13F3N4S/c1-5(2)15(4-8(9,10)11)3-6-7(12)16-14-13-6/h5H,3-4,12H2,1-2H3. The average molecular weight is 254 g/mol. The summed E-state index contributed by atoms with van der Waals surface area (Å²) >= 11 is 0.985. The lowest BCUT2D eigenvalue weighted by molar-refractivity contribution is -0.151. The Morgan fingerprint density at radius 1 is 1.44 bits per heavy atom. The molecule has 1 aromatic heterocycles. The fraction of sp³-hybridized carbons (Fsp3) is 0.750. The highest BCUT2D eigenvalue weighted by Crippen LogP contribution is 2.21. The lowest BCUT2D eigenvalue weighted by Gasteiger charge is -2.26. The van der Waals surface area contributed by atoms with Gasteiger partial charge in [-0.3, -0.25) is 4.90 Å². The van der Waals surface area contributed by atoms with Crippen molar-refractivity contribution in [1.82, 2.24) is 14.5 Å². The molecular formula is C8H13F3N4S. The second-order valence-corrected chi connectivity index (χ2v) is 4.48. The van der Waals surface area contributed by atoms with Crippen molar-refractivity contribution < 1.29 is 13.2 Å². The third kappa shape index (κ3) is 3.93. The Balaban J connectivity index is 2.69. The van der Waals surface area contributed by atoms with Crippen molar-refractivity contribution in [1.29, 1.82) is 0 Å². The van der Waals surface area contributed by atoms with E-state index in [0.717, 1.165) is 11.5 Å². The highest BCUT2D eigenvalue weighted by Gasteiger charge is 2.32. The summed E-state index contributed by atoms with van der Waals surface area (Å²) in [5, 5.41) is 4.07. The van der Waals surface area contributed by atoms with Gasteiger partial charge in [-0.05, 0) is 13.8 Å². The molecule has 0 amide bonds. The Hall–Kier alpha value is -0.890. The summed E-state index contributed by atoms with van der Waals surface area (Å²) in [6.07, 6.45) is -4.22. The van der Waals surface area contributed by atoms with Crippen LogP contribution in [0.15, 0.2) is 0 Å². The van der Waals surface area contributed by atoms with Gasteiger partial charge in [0, 0.05) is 24.1 Å². The largest absolute Gasteiger partial charge is 0.401 e. The molecule has 0 radical (unpaired) electrons. The van der Waals surface area contributed by atoms with E-state index >= 15 is 0 Å². The van der Waals surface area contributed by atoms with E-state index in [9.17, 15) is 13.2 Å². The molecular weight excluding hydrogens is 241 g/mol. The molecule has 0 saturated heterocycles. The normalized spacial score (nSPS) is 12.7. The number of hydrogen-bond acceptors (Lipinski definition) is 5. The van der Waals surface area contributed by atoms with Crippen LogP contribution in [0.1, 0.15) is 19.5 Å². The van der Waals surface area contributed by atoms with Crippen molar-refractivity contribution in [3.8, 4) is 0 Å². The first-order valence-corrected chi connectivity index (χ1v) is 5.44. The predicted molar refractivity (Wildman–Crippen MR) is 55.9 cm³/mol. The van der Waals surface area contributed by atoms with Gasteiger partial charge >= 0.3 is 6.18 Å². The number of nitrogen functional groups attached to an aromatic ring is 1. The molecule has 1 heterocycles. The van der Waals surface area contributed by atoms with Crippen LogP contribution in [0.3, 0.4) is 0 Å². The van der Waals surface area contributed by atoms with E-state index in [4.69, 9.17) is 5.73 Å². The molecule has 0 atom stereocenters. The molecule has 1 aromatic rings. The van der Waals surface area contributed by atoms with Gasteiger partial charge in [-0.1, -0.05) is 4.49 Å². The summed E-state index contributed by atoms with van der Waals surface area (Å²) in [6.45, 7) is 2.49. The van der Waals surface area contributed by atoms with E-state index in [0.29, 0.717) is 10.7 Å². The molecule has 16 heavy (non-hydrogen) atoms. The molecule has 0 unspecified atom stereocenters. The number of halogens is 3. The second kappa shape index (κ2) is 4.96. The molecule has 92 valence electrons. The number of alkyl halides is 3. The lowest BCUT2D eigenvalue weighted by atomic mass is 10.3. The Bertz CT molecular complexity index is 336. The van der Waals surface area contributed by atoms with Crippen LogP contribution in [0.25, 0.3) is 0 Å². The maximum Gasteiger partial charge on any atom is 0.401 e. The van der Waals surface area contributed by atoms with Gasteiger partial charge in [-0.2, -0.15) is 13.2 Å². The molecule has 4 nitrogen and oxygen atoms in total. The third-order valence-corrected chi connectivity index (χ3v) is 2.65. The van der Waals surface area contributed by atoms with Gasteiger partial charge in [-0.25, -0.2) is 0 Å². The maximum absolute atomic E-state index is 12.3. The van der Waals surface area contributed by atoms with Crippen LogP contribution in [0.2, 0.25) is 0 Å². The topological polar surface area (TPSA) is 55.0 Å². The van der Waals surface area contributed by atoms with E-state index in [-0.39, 0.29) is 12.6 Å². The summed E-state index contributed by atoms with van der Waals surface area (Å²) in [7, 11) is 0. The van der Waals surface area contributed by atoms with Crippen LogP contribution < -0.4 is 5.73 Å². The molecule has 0 saturated carbocycles. The van der Waals surface area contributed by atoms with Gasteiger partial charge in [0.05, 0.1) is 6.54 Å². The van der Waals surface area contributed by atoms with E-state index in [1.54, 1.807) is 13.8 Å². The Morgan fingerprint density at radius 2 is 2.06 bits per heavy atom. The summed E-state index contributed by atoms with van der Waals surface area (Å²) in [5.41, 5.74) is 5.94. The molecule has 0 spiro atoms. The van der Waals surface area contributed by atoms with Crippen molar-refractivity contribution in [3.63, 3.8) is 0 Å². The van der Waals surface area contributed by atoms with Gasteiger partial charge in [-0.15, -0.1) is 5.10 Å². The second-order valence-electron chi connectivity index (χ2n) is 3.70. The van der Waals surface area contributed by atoms with Crippen LogP contribution in [0.4, 0.5) is 18.2 Å². The van der Waals surface area contributed by atoms with Crippen LogP contribution in [-0.2, 0) is 6.54 Å². The summed E-state index contributed by atoms with van der Waals surface area (Å²) in [6, 6.07) is -0.234. The molecule has 8 heteroatoms. The first kappa shape index (κ1) is 13.2. The summed E-state index contributed by atoms with van der Waals surface area (Å²) < 4.78 is 40.5. The van der Waals surface area contributed by atoms with Crippen molar-refractivity contribution >= 4 is 16.5 Å². The molecule has 0 aliphatic heterocycles. The quantitative estimate of drug-likeness (QED) is 0.891. The van der Waals surface area contributed by atoms with Crippen LogP contribution in [-0.4, -0.2) is 33.2 Å². The maximum atomic E-state index is 12.3. The molecule has 0 fully saturated rings. The van der Waals surface area contributed by atoms with E-state index in [2.05, 4.69) is 9.59 Å². The van der Waals surface area contributed by atoms with E-state index in [1.807, 2.05) is 0 Å². The Morgan fingerprint density at radius 3 is 2.44 bits per heavy atom. The predicted octanol–water partition coefficient (Wildman–Crippen LogP) is 1.89. The number of anilines is 1. The van der Waals surface area contributed by atoms with Crippen LogP contribution in [0, 0.1) is 0 Å². The molecule has 0 aromatic carbocycles. The number of hydrogen-bond donors (Lipinski definition) is 1. The SMILES string of the molecule is CC(C)N(Cc1nnsc1N)CC(F)(F)F. The third-order valence-electron chi connectivity index (χ3n) is 2.05. The first-order valence-electron chi connectivity index (χ1n) is 4.67. The first-order chi connectivity index (χ1) is 7.29. The lowest BCUT2D eigenvalue weighted by Crippen LogP contribution is -2.38. The number of aromatic nitrogens is 2. The minimum absolute atomic E-state index is 0.0690. The van der Waals surface area contributed by atoms with Crippen LogP contribution >= 0.6 is 11.5 Å². The fourth-order valence-corrected chi connectivity index (χ4v) is 1.61.